The molecule has 1 aromatic carbocycles. The van der Waals surface area contributed by atoms with Crippen LogP contribution in [0.25, 0.3) is 0 Å². The Hall–Kier alpha value is -1.78. The molecular formula is C28H50O6W. The summed E-state index contributed by atoms with van der Waals surface area (Å²) in [6.07, 6.45) is 19.7. The molecule has 0 N–H and O–H groups in total. The maximum absolute atomic E-state index is 8.00. The van der Waals surface area contributed by atoms with Crippen molar-refractivity contribution in [2.45, 2.75) is 103 Å². The molecule has 0 atom stereocenters. The van der Waals surface area contributed by atoms with Crippen LogP contribution >= 0.6 is 0 Å². The van der Waals surface area contributed by atoms with Crippen LogP contribution in [0, 0.1) is 0 Å². The maximum atomic E-state index is 8.00. The van der Waals surface area contributed by atoms with Gasteiger partial charge < -0.3 is 28.7 Å². The van der Waals surface area contributed by atoms with E-state index in [4.69, 9.17) is 28.7 Å². The van der Waals surface area contributed by atoms with Gasteiger partial charge in [0.25, 0.3) is 0 Å². The minimum atomic E-state index is 0. The van der Waals surface area contributed by atoms with Crippen LogP contribution in [0.1, 0.15) is 102 Å². The first kappa shape index (κ1) is 46.5. The summed E-state index contributed by atoms with van der Waals surface area (Å²) < 4.78 is 5.73. The van der Waals surface area contributed by atoms with Crippen molar-refractivity contribution in [1.29, 1.82) is 0 Å². The molecule has 0 aliphatic rings. The third-order valence-corrected chi connectivity index (χ3v) is 4.75. The summed E-state index contributed by atoms with van der Waals surface area (Å²) in [7, 11) is 0. The van der Waals surface area contributed by atoms with Crippen molar-refractivity contribution in [2.75, 3.05) is 6.61 Å². The Bertz CT molecular complexity index is 425. The standard InChI is InChI=1S/C23H40O.5CH2O.W/c1-2-3-4-5-6-7-8-9-10-11-12-13-14-18-21-24-22-23-19-16-15-17-20-23;5*1-2;/h15-17,19-20H,2-14,18,21-22H2,1H3;5*1H2;. The Kier molecular flexibility index (Phi) is 77.5. The summed E-state index contributed by atoms with van der Waals surface area (Å²) in [6.45, 7) is 14.0. The van der Waals surface area contributed by atoms with Crippen LogP contribution in [0.15, 0.2) is 30.3 Å². The topological polar surface area (TPSA) is 94.6 Å². The molecule has 1 aromatic rings. The van der Waals surface area contributed by atoms with E-state index in [0.717, 1.165) is 13.2 Å². The minimum Gasteiger partial charge on any atom is -0.377 e. The molecule has 0 fully saturated rings. The Morgan fingerprint density at radius 2 is 0.829 bits per heavy atom. The molecule has 204 valence electrons. The van der Waals surface area contributed by atoms with Crippen molar-refractivity contribution in [2.24, 2.45) is 0 Å². The number of hydrogen-bond acceptors (Lipinski definition) is 6. The smallest absolute Gasteiger partial charge is 0.106 e. The monoisotopic (exact) mass is 666 g/mol. The van der Waals surface area contributed by atoms with Crippen LogP contribution in [0.2, 0.25) is 0 Å². The molecule has 35 heavy (non-hydrogen) atoms. The average molecular weight is 667 g/mol. The second-order valence-electron chi connectivity index (χ2n) is 7.13. The molecule has 0 aromatic heterocycles. The molecular weight excluding hydrogens is 616 g/mol. The SMILES string of the molecule is C=O.C=O.C=O.C=O.C=O.CCCCCCCCCCCCCCCCOCc1ccccc1.[W]. The Morgan fingerprint density at radius 3 is 1.17 bits per heavy atom. The van der Waals surface area contributed by atoms with E-state index in [1.807, 2.05) is 33.9 Å². The van der Waals surface area contributed by atoms with Crippen LogP contribution in [0.5, 0.6) is 0 Å². The second-order valence-corrected chi connectivity index (χ2v) is 7.13. The fourth-order valence-electron chi connectivity index (χ4n) is 3.16. The first-order chi connectivity index (χ1) is 16.9. The number of ether oxygens (including phenoxy) is 1. The Balaban J connectivity index is -0.000000169. The minimum absolute atomic E-state index is 0. The van der Waals surface area contributed by atoms with Gasteiger partial charge in [0.1, 0.15) is 33.9 Å². The molecule has 0 spiro atoms. The van der Waals surface area contributed by atoms with E-state index in [1.54, 1.807) is 0 Å². The van der Waals surface area contributed by atoms with Crippen molar-refractivity contribution in [1.82, 2.24) is 0 Å². The number of carbonyl (C=O) groups is 5. The van der Waals surface area contributed by atoms with Gasteiger partial charge in [-0.2, -0.15) is 0 Å². The molecule has 0 amide bonds. The zero-order valence-corrected chi connectivity index (χ0v) is 25.0. The largest absolute Gasteiger partial charge is 0.377 e. The number of carbonyl (C=O) groups excluding carboxylic acids is 5. The van der Waals surface area contributed by atoms with Crippen molar-refractivity contribution in [3.63, 3.8) is 0 Å². The number of benzene rings is 1. The second kappa shape index (κ2) is 58.2. The van der Waals surface area contributed by atoms with E-state index >= 15 is 0 Å². The van der Waals surface area contributed by atoms with Gasteiger partial charge in [-0.25, -0.2) is 0 Å². The molecule has 0 unspecified atom stereocenters. The van der Waals surface area contributed by atoms with E-state index < -0.39 is 0 Å². The van der Waals surface area contributed by atoms with Crippen LogP contribution in [0.4, 0.5) is 0 Å². The fraction of sp³-hybridized carbons (Fsp3) is 0.607. The zero-order chi connectivity index (χ0) is 27.1. The van der Waals surface area contributed by atoms with Crippen LogP contribution in [0.3, 0.4) is 0 Å². The van der Waals surface area contributed by atoms with Gasteiger partial charge in [0, 0.05) is 27.7 Å². The molecule has 6 nitrogen and oxygen atoms in total. The van der Waals surface area contributed by atoms with E-state index in [0.29, 0.717) is 0 Å². The predicted octanol–water partition coefficient (Wildman–Crippen LogP) is 6.76. The molecule has 7 heteroatoms. The molecule has 0 saturated heterocycles. The molecule has 0 heterocycles. The first-order valence-corrected chi connectivity index (χ1v) is 12.0. The normalized spacial score (nSPS) is 8.14. The van der Waals surface area contributed by atoms with Gasteiger partial charge in [-0.1, -0.05) is 121 Å². The van der Waals surface area contributed by atoms with Gasteiger partial charge in [-0.05, 0) is 12.0 Å². The van der Waals surface area contributed by atoms with Crippen molar-refractivity contribution < 1.29 is 49.8 Å². The van der Waals surface area contributed by atoms with Gasteiger partial charge in [-0.15, -0.1) is 0 Å². The molecule has 0 saturated carbocycles. The molecule has 0 bridgehead atoms. The quantitative estimate of drug-likeness (QED) is 0.171. The summed E-state index contributed by atoms with van der Waals surface area (Å²) >= 11 is 0. The van der Waals surface area contributed by atoms with Gasteiger partial charge in [0.2, 0.25) is 0 Å². The number of hydrogen-bond donors (Lipinski definition) is 0. The summed E-state index contributed by atoms with van der Waals surface area (Å²) in [5.74, 6) is 0. The third-order valence-electron chi connectivity index (χ3n) is 4.75. The van der Waals surface area contributed by atoms with Gasteiger partial charge >= 0.3 is 0 Å². The van der Waals surface area contributed by atoms with Crippen molar-refractivity contribution in [3.05, 3.63) is 35.9 Å². The summed E-state index contributed by atoms with van der Waals surface area (Å²) in [4.78, 5) is 40.0. The summed E-state index contributed by atoms with van der Waals surface area (Å²) in [5.41, 5.74) is 1.28. The van der Waals surface area contributed by atoms with Gasteiger partial charge in [0.15, 0.2) is 0 Å². The van der Waals surface area contributed by atoms with E-state index in [-0.39, 0.29) is 21.1 Å². The van der Waals surface area contributed by atoms with Crippen molar-refractivity contribution >= 4 is 33.9 Å². The molecule has 0 aliphatic carbocycles. The Labute approximate surface area is 229 Å². The van der Waals surface area contributed by atoms with Crippen LogP contribution < -0.4 is 0 Å². The zero-order valence-electron chi connectivity index (χ0n) is 22.1. The van der Waals surface area contributed by atoms with Gasteiger partial charge in [0.05, 0.1) is 6.61 Å². The van der Waals surface area contributed by atoms with Crippen molar-refractivity contribution in [3.8, 4) is 0 Å². The fourth-order valence-corrected chi connectivity index (χ4v) is 3.16. The number of rotatable bonds is 17. The van der Waals surface area contributed by atoms with E-state index in [1.165, 1.54) is 95.5 Å². The predicted molar refractivity (Wildman–Crippen MR) is 142 cm³/mol. The Morgan fingerprint density at radius 1 is 0.514 bits per heavy atom. The maximum Gasteiger partial charge on any atom is 0.106 e. The number of unbranched alkanes of at least 4 members (excludes halogenated alkanes) is 13. The summed E-state index contributed by atoms with van der Waals surface area (Å²) in [6, 6.07) is 10.5. The first-order valence-electron chi connectivity index (χ1n) is 12.0. The molecule has 0 aliphatic heterocycles. The third kappa shape index (κ3) is 50.2. The molecule has 1 rings (SSSR count). The molecule has 0 radical (unpaired) electrons. The van der Waals surface area contributed by atoms with Crippen LogP contribution in [-0.4, -0.2) is 40.6 Å². The van der Waals surface area contributed by atoms with Crippen LogP contribution in [-0.2, 0) is 56.4 Å². The average Bonchev–Trinajstić information content (AvgIpc) is 2.94. The van der Waals surface area contributed by atoms with E-state index in [2.05, 4.69) is 37.3 Å². The van der Waals surface area contributed by atoms with E-state index in [9.17, 15) is 0 Å². The summed E-state index contributed by atoms with van der Waals surface area (Å²) in [5, 5.41) is 0. The van der Waals surface area contributed by atoms with Gasteiger partial charge in [-0.3, -0.25) is 0 Å².